The topological polar surface area (TPSA) is 58.4 Å². The number of amides is 2. The highest BCUT2D eigenvalue weighted by Crippen LogP contribution is 2.31. The van der Waals surface area contributed by atoms with E-state index in [-0.39, 0.29) is 23.2 Å². The van der Waals surface area contributed by atoms with E-state index < -0.39 is 0 Å². The van der Waals surface area contributed by atoms with Crippen LogP contribution in [0.2, 0.25) is 0 Å². The van der Waals surface area contributed by atoms with Crippen molar-refractivity contribution in [3.05, 3.63) is 0 Å². The molecule has 2 amide bonds. The lowest BCUT2D eigenvalue weighted by atomic mass is 9.79. The van der Waals surface area contributed by atoms with Gasteiger partial charge in [0.15, 0.2) is 0 Å². The number of hydrogen-bond donors (Lipinski definition) is 2. The van der Waals surface area contributed by atoms with Crippen LogP contribution in [0.3, 0.4) is 0 Å². The van der Waals surface area contributed by atoms with Crippen molar-refractivity contribution in [1.82, 2.24) is 10.2 Å². The summed E-state index contributed by atoms with van der Waals surface area (Å²) in [6.07, 6.45) is 15.1. The monoisotopic (exact) mass is 367 g/mol. The summed E-state index contributed by atoms with van der Waals surface area (Å²) in [4.78, 5) is 14.0. The summed E-state index contributed by atoms with van der Waals surface area (Å²) in [6.45, 7) is 12.0. The predicted octanol–water partition coefficient (Wildman–Crippen LogP) is 5.60. The molecule has 0 aromatic carbocycles. The summed E-state index contributed by atoms with van der Waals surface area (Å²) < 4.78 is 0. The largest absolute Gasteiger partial charge is 0.351 e. The quantitative estimate of drug-likeness (QED) is 0.441. The summed E-state index contributed by atoms with van der Waals surface area (Å²) in [5.74, 6) is 0. The molecule has 0 saturated carbocycles. The maximum absolute atomic E-state index is 12.0. The summed E-state index contributed by atoms with van der Waals surface area (Å²) in [5.41, 5.74) is 5.81. The third-order valence-corrected chi connectivity index (χ3v) is 5.65. The molecule has 1 saturated heterocycles. The van der Waals surface area contributed by atoms with Crippen molar-refractivity contribution in [2.24, 2.45) is 5.73 Å². The smallest absolute Gasteiger partial charge is 0.315 e. The molecule has 1 aliphatic heterocycles. The molecule has 154 valence electrons. The van der Waals surface area contributed by atoms with Gasteiger partial charge in [0.05, 0.1) is 0 Å². The Morgan fingerprint density at radius 3 is 1.73 bits per heavy atom. The van der Waals surface area contributed by atoms with Crippen LogP contribution in [-0.4, -0.2) is 34.6 Å². The molecule has 0 aromatic rings. The molecule has 26 heavy (non-hydrogen) atoms. The fraction of sp³-hybridized carbons (Fsp3) is 0.955. The zero-order valence-corrected chi connectivity index (χ0v) is 18.2. The Hall–Kier alpha value is -0.770. The minimum Gasteiger partial charge on any atom is -0.351 e. The number of rotatable bonds is 12. The van der Waals surface area contributed by atoms with Gasteiger partial charge in [0, 0.05) is 23.7 Å². The fourth-order valence-corrected chi connectivity index (χ4v) is 4.73. The van der Waals surface area contributed by atoms with Crippen LogP contribution in [0.4, 0.5) is 4.79 Å². The van der Waals surface area contributed by atoms with E-state index in [1.165, 1.54) is 57.8 Å². The summed E-state index contributed by atoms with van der Waals surface area (Å²) in [7, 11) is 0. The van der Waals surface area contributed by atoms with Crippen molar-refractivity contribution in [3.8, 4) is 0 Å². The number of carbonyl (C=O) groups is 1. The maximum atomic E-state index is 12.0. The van der Waals surface area contributed by atoms with Crippen molar-refractivity contribution in [1.29, 1.82) is 0 Å². The lowest BCUT2D eigenvalue weighted by Gasteiger charge is -2.49. The molecule has 0 unspecified atom stereocenters. The maximum Gasteiger partial charge on any atom is 0.315 e. The standard InChI is InChI=1S/C22H45N3O/c1-6-7-8-9-10-11-12-13-14-15-16-25(20(23)26)19-17-21(2,3)24-22(4,5)18-19/h19,24H,6-18H2,1-5H3,(H2,23,26). The Bertz CT molecular complexity index is 390. The summed E-state index contributed by atoms with van der Waals surface area (Å²) in [6, 6.07) is -0.00302. The van der Waals surface area contributed by atoms with Crippen LogP contribution in [-0.2, 0) is 0 Å². The minimum atomic E-state index is -0.251. The highest BCUT2D eigenvalue weighted by atomic mass is 16.2. The molecule has 0 aliphatic carbocycles. The number of hydrogen-bond acceptors (Lipinski definition) is 2. The van der Waals surface area contributed by atoms with Gasteiger partial charge in [-0.3, -0.25) is 0 Å². The SMILES string of the molecule is CCCCCCCCCCCCN(C(N)=O)C1CC(C)(C)NC(C)(C)C1. The third-order valence-electron chi connectivity index (χ3n) is 5.65. The van der Waals surface area contributed by atoms with Crippen LogP contribution in [0.15, 0.2) is 0 Å². The molecule has 0 radical (unpaired) electrons. The zero-order chi connectivity index (χ0) is 19.6. The van der Waals surface area contributed by atoms with E-state index in [2.05, 4.69) is 39.9 Å². The molecule has 1 aliphatic rings. The van der Waals surface area contributed by atoms with Gasteiger partial charge in [-0.05, 0) is 47.0 Å². The van der Waals surface area contributed by atoms with E-state index in [0.29, 0.717) is 0 Å². The molecule has 0 bridgehead atoms. The zero-order valence-electron chi connectivity index (χ0n) is 18.2. The number of piperidine rings is 1. The van der Waals surface area contributed by atoms with Crippen LogP contribution < -0.4 is 11.1 Å². The van der Waals surface area contributed by atoms with E-state index in [0.717, 1.165) is 25.8 Å². The van der Waals surface area contributed by atoms with Gasteiger partial charge in [0.2, 0.25) is 0 Å². The second kappa shape index (κ2) is 11.2. The number of nitrogens with zero attached hydrogens (tertiary/aromatic N) is 1. The van der Waals surface area contributed by atoms with E-state index in [4.69, 9.17) is 5.73 Å². The Kier molecular flexibility index (Phi) is 9.99. The van der Waals surface area contributed by atoms with Gasteiger partial charge in [-0.1, -0.05) is 64.7 Å². The lowest BCUT2D eigenvalue weighted by molar-refractivity contribution is 0.0846. The highest BCUT2D eigenvalue weighted by Gasteiger charge is 2.40. The lowest BCUT2D eigenvalue weighted by Crippen LogP contribution is -2.63. The van der Waals surface area contributed by atoms with Gasteiger partial charge in [-0.2, -0.15) is 0 Å². The molecule has 1 rings (SSSR count). The van der Waals surface area contributed by atoms with Crippen LogP contribution in [0.5, 0.6) is 0 Å². The first-order valence-corrected chi connectivity index (χ1v) is 11.0. The number of primary amides is 1. The normalized spacial score (nSPS) is 19.4. The second-order valence-corrected chi connectivity index (χ2v) is 9.67. The number of carbonyl (C=O) groups excluding carboxylic acids is 1. The second-order valence-electron chi connectivity index (χ2n) is 9.67. The number of unbranched alkanes of at least 4 members (excludes halogenated alkanes) is 9. The molecular weight excluding hydrogens is 322 g/mol. The van der Waals surface area contributed by atoms with Crippen molar-refractivity contribution < 1.29 is 4.79 Å². The molecular formula is C22H45N3O. The average Bonchev–Trinajstić information content (AvgIpc) is 2.49. The van der Waals surface area contributed by atoms with E-state index in [1.807, 2.05) is 4.90 Å². The third kappa shape index (κ3) is 9.25. The van der Waals surface area contributed by atoms with Crippen molar-refractivity contribution in [2.45, 2.75) is 129 Å². The average molecular weight is 368 g/mol. The molecule has 4 nitrogen and oxygen atoms in total. The van der Waals surface area contributed by atoms with E-state index >= 15 is 0 Å². The Morgan fingerprint density at radius 2 is 1.31 bits per heavy atom. The Balaban J connectivity index is 2.28. The number of urea groups is 1. The van der Waals surface area contributed by atoms with Crippen molar-refractivity contribution in [2.75, 3.05) is 6.54 Å². The first kappa shape index (κ1) is 23.3. The van der Waals surface area contributed by atoms with E-state index in [9.17, 15) is 4.79 Å². The molecule has 0 atom stereocenters. The predicted molar refractivity (Wildman–Crippen MR) is 112 cm³/mol. The Labute approximate surface area is 162 Å². The van der Waals surface area contributed by atoms with Gasteiger partial charge >= 0.3 is 6.03 Å². The van der Waals surface area contributed by atoms with Crippen LogP contribution in [0, 0.1) is 0 Å². The van der Waals surface area contributed by atoms with Gasteiger partial charge < -0.3 is 16.0 Å². The summed E-state index contributed by atoms with van der Waals surface area (Å²) >= 11 is 0. The van der Waals surface area contributed by atoms with Gasteiger partial charge in [0.1, 0.15) is 0 Å². The summed E-state index contributed by atoms with van der Waals surface area (Å²) in [5, 5.41) is 3.69. The molecule has 0 aromatic heterocycles. The Morgan fingerprint density at radius 1 is 0.885 bits per heavy atom. The van der Waals surface area contributed by atoms with Crippen molar-refractivity contribution in [3.63, 3.8) is 0 Å². The van der Waals surface area contributed by atoms with Gasteiger partial charge in [-0.25, -0.2) is 4.79 Å². The molecule has 0 spiro atoms. The van der Waals surface area contributed by atoms with Crippen molar-refractivity contribution >= 4 is 6.03 Å². The van der Waals surface area contributed by atoms with Crippen LogP contribution in [0.25, 0.3) is 0 Å². The minimum absolute atomic E-state index is 0.0396. The fourth-order valence-electron chi connectivity index (χ4n) is 4.73. The van der Waals surface area contributed by atoms with Crippen LogP contribution >= 0.6 is 0 Å². The van der Waals surface area contributed by atoms with Gasteiger partial charge in [0.25, 0.3) is 0 Å². The molecule has 1 fully saturated rings. The van der Waals surface area contributed by atoms with Gasteiger partial charge in [-0.15, -0.1) is 0 Å². The number of nitrogens with one attached hydrogen (secondary N) is 1. The number of nitrogens with two attached hydrogens (primary N) is 1. The molecule has 1 heterocycles. The first-order chi connectivity index (χ1) is 12.2. The van der Waals surface area contributed by atoms with Crippen LogP contribution in [0.1, 0.15) is 112 Å². The van der Waals surface area contributed by atoms with E-state index in [1.54, 1.807) is 0 Å². The highest BCUT2D eigenvalue weighted by molar-refractivity contribution is 5.72. The first-order valence-electron chi connectivity index (χ1n) is 11.0. The molecule has 4 heteroatoms. The molecule has 3 N–H and O–H groups in total.